The van der Waals surface area contributed by atoms with Gasteiger partial charge >= 0.3 is 17.9 Å². The predicted molar refractivity (Wildman–Crippen MR) is 124 cm³/mol. The third kappa shape index (κ3) is 4.65. The molecule has 1 atom stereocenters. The van der Waals surface area contributed by atoms with Crippen LogP contribution in [0.15, 0.2) is 71.2 Å². The van der Waals surface area contributed by atoms with Gasteiger partial charge in [-0.2, -0.15) is 5.26 Å². The number of hydrogen-bond donors (Lipinski definition) is 2. The lowest BCUT2D eigenvalue weighted by molar-refractivity contribution is -0.139. The van der Waals surface area contributed by atoms with Crippen LogP contribution < -0.4 is 15.4 Å². The maximum Gasteiger partial charge on any atom is 0.355 e. The summed E-state index contributed by atoms with van der Waals surface area (Å²) in [5, 5.41) is 19.3. The van der Waals surface area contributed by atoms with E-state index in [1.807, 2.05) is 0 Å². The quantitative estimate of drug-likeness (QED) is 0.568. The normalized spacial score (nSPS) is 15.4. The van der Waals surface area contributed by atoms with Crippen LogP contribution in [0, 0.1) is 11.3 Å². The Morgan fingerprint density at radius 3 is 2.26 bits per heavy atom. The van der Waals surface area contributed by atoms with Crippen LogP contribution in [0.5, 0.6) is 5.75 Å². The van der Waals surface area contributed by atoms with E-state index in [9.17, 15) is 24.8 Å². The van der Waals surface area contributed by atoms with E-state index in [2.05, 4.69) is 6.07 Å². The molecule has 10 heteroatoms. The molecule has 0 saturated heterocycles. The zero-order valence-electron chi connectivity index (χ0n) is 19.3. The van der Waals surface area contributed by atoms with E-state index in [0.29, 0.717) is 11.1 Å². The van der Waals surface area contributed by atoms with Crippen LogP contribution in [-0.2, 0) is 30.3 Å². The van der Waals surface area contributed by atoms with Crippen molar-refractivity contribution in [2.24, 2.45) is 5.73 Å². The second kappa shape index (κ2) is 10.4. The Bertz CT molecular complexity index is 1280. The minimum atomic E-state index is -1.08. The van der Waals surface area contributed by atoms with Crippen LogP contribution in [0.2, 0.25) is 0 Å². The number of ether oxygens (including phenoxy) is 3. The molecular formula is C25H23N3O7. The Labute approximate surface area is 201 Å². The number of methoxy groups -OCH3 is 3. The monoisotopic (exact) mass is 477 g/mol. The zero-order valence-corrected chi connectivity index (χ0v) is 19.3. The third-order valence-corrected chi connectivity index (χ3v) is 5.45. The number of carbonyl (C=O) groups excluding carboxylic acids is 2. The van der Waals surface area contributed by atoms with Gasteiger partial charge in [0.25, 0.3) is 0 Å². The average molecular weight is 477 g/mol. The first kappa shape index (κ1) is 24.9. The molecule has 0 amide bonds. The zero-order chi connectivity index (χ0) is 25.7. The molecule has 35 heavy (non-hydrogen) atoms. The lowest BCUT2D eigenvalue weighted by Crippen LogP contribution is -2.41. The number of carboxylic acids is 1. The first-order valence-electron chi connectivity index (χ1n) is 10.3. The highest BCUT2D eigenvalue weighted by atomic mass is 16.5. The molecular weight excluding hydrogens is 454 g/mol. The summed E-state index contributed by atoms with van der Waals surface area (Å²) in [6.45, 7) is 0. The van der Waals surface area contributed by atoms with Crippen molar-refractivity contribution in [1.82, 2.24) is 0 Å². The number of rotatable bonds is 7. The highest BCUT2D eigenvalue weighted by molar-refractivity contribution is 6.06. The van der Waals surface area contributed by atoms with Crippen LogP contribution in [0.4, 0.5) is 5.69 Å². The maximum absolute atomic E-state index is 13.1. The Hall–Kier alpha value is -4.78. The van der Waals surface area contributed by atoms with E-state index in [0.717, 1.165) is 14.2 Å². The first-order chi connectivity index (χ1) is 16.8. The average Bonchev–Trinajstić information content (AvgIpc) is 2.87. The summed E-state index contributed by atoms with van der Waals surface area (Å²) in [5.74, 6) is -3.83. The summed E-state index contributed by atoms with van der Waals surface area (Å²) >= 11 is 0. The van der Waals surface area contributed by atoms with Crippen LogP contribution in [0.25, 0.3) is 0 Å². The molecule has 0 aliphatic carbocycles. The van der Waals surface area contributed by atoms with Crippen LogP contribution >= 0.6 is 0 Å². The predicted octanol–water partition coefficient (Wildman–Crippen LogP) is 2.22. The minimum absolute atomic E-state index is 0.0186. The second-order valence-electron chi connectivity index (χ2n) is 7.41. The van der Waals surface area contributed by atoms with Crippen molar-refractivity contribution in [2.45, 2.75) is 12.3 Å². The van der Waals surface area contributed by atoms with E-state index < -0.39 is 23.8 Å². The van der Waals surface area contributed by atoms with Gasteiger partial charge in [0.15, 0.2) is 0 Å². The standard InChI is InChI=1S/C25H23N3O7/c1-33-18-10-9-14(12-19(29)30)11-17(18)28-22(25(32)35-3)21(24(31)34-2)20(16(13-26)23(28)27)15-7-5-4-6-8-15/h4-11,20H,12,27H2,1-3H3,(H,29,30). The Morgan fingerprint density at radius 1 is 1.06 bits per heavy atom. The van der Waals surface area contributed by atoms with Gasteiger partial charge < -0.3 is 25.1 Å². The second-order valence-corrected chi connectivity index (χ2v) is 7.41. The number of aliphatic carboxylic acids is 1. The molecule has 3 N–H and O–H groups in total. The molecule has 180 valence electrons. The van der Waals surface area contributed by atoms with Gasteiger partial charge in [-0.15, -0.1) is 0 Å². The topological polar surface area (TPSA) is 152 Å². The van der Waals surface area contributed by atoms with Crippen molar-refractivity contribution < 1.29 is 33.7 Å². The Balaban J connectivity index is 2.44. The number of nitrogens with two attached hydrogens (primary N) is 1. The molecule has 3 rings (SSSR count). The van der Waals surface area contributed by atoms with E-state index in [-0.39, 0.29) is 40.5 Å². The fraction of sp³-hybridized carbons (Fsp3) is 0.200. The molecule has 0 spiro atoms. The van der Waals surface area contributed by atoms with Crippen molar-refractivity contribution in [3.05, 3.63) is 82.3 Å². The SMILES string of the molecule is COC(=O)C1=C(C(=O)OC)N(c2cc(CC(=O)O)ccc2OC)C(N)=C(C#N)C1c1ccccc1. The summed E-state index contributed by atoms with van der Waals surface area (Å²) in [6, 6.07) is 15.1. The summed E-state index contributed by atoms with van der Waals surface area (Å²) in [5.41, 5.74) is 7.05. The van der Waals surface area contributed by atoms with Gasteiger partial charge in [-0.05, 0) is 23.3 Å². The number of esters is 2. The van der Waals surface area contributed by atoms with E-state index in [1.165, 1.54) is 24.1 Å². The molecule has 1 unspecified atom stereocenters. The number of benzene rings is 2. The summed E-state index contributed by atoms with van der Waals surface area (Å²) < 4.78 is 15.4. The number of nitriles is 1. The molecule has 10 nitrogen and oxygen atoms in total. The highest BCUT2D eigenvalue weighted by Gasteiger charge is 2.43. The van der Waals surface area contributed by atoms with Gasteiger partial charge in [-0.25, -0.2) is 9.59 Å². The van der Waals surface area contributed by atoms with Gasteiger partial charge in [0.05, 0.1) is 56.6 Å². The van der Waals surface area contributed by atoms with Gasteiger partial charge in [-0.3, -0.25) is 9.69 Å². The van der Waals surface area contributed by atoms with Crippen LogP contribution in [-0.4, -0.2) is 44.3 Å². The van der Waals surface area contributed by atoms with Gasteiger partial charge in [0, 0.05) is 0 Å². The molecule has 0 radical (unpaired) electrons. The molecule has 2 aromatic rings. The Kier molecular flexibility index (Phi) is 7.41. The molecule has 0 bridgehead atoms. The summed E-state index contributed by atoms with van der Waals surface area (Å²) in [4.78, 5) is 38.7. The number of anilines is 1. The van der Waals surface area contributed by atoms with Gasteiger partial charge in [0.2, 0.25) is 0 Å². The smallest absolute Gasteiger partial charge is 0.355 e. The first-order valence-corrected chi connectivity index (χ1v) is 10.3. The highest BCUT2D eigenvalue weighted by Crippen LogP contribution is 2.45. The van der Waals surface area contributed by atoms with Crippen molar-refractivity contribution >= 4 is 23.6 Å². The maximum atomic E-state index is 13.1. The summed E-state index contributed by atoms with van der Waals surface area (Å²) in [6.07, 6.45) is -0.326. The number of nitrogens with zero attached hydrogens (tertiary/aromatic N) is 2. The van der Waals surface area contributed by atoms with Crippen LogP contribution in [0.1, 0.15) is 17.0 Å². The van der Waals surface area contributed by atoms with E-state index in [4.69, 9.17) is 19.9 Å². The van der Waals surface area contributed by atoms with Gasteiger partial charge in [0.1, 0.15) is 17.3 Å². The number of allylic oxidation sites excluding steroid dienone is 1. The Morgan fingerprint density at radius 2 is 1.71 bits per heavy atom. The molecule has 1 aliphatic heterocycles. The van der Waals surface area contributed by atoms with Crippen molar-refractivity contribution in [1.29, 1.82) is 5.26 Å². The van der Waals surface area contributed by atoms with Crippen LogP contribution in [0.3, 0.4) is 0 Å². The summed E-state index contributed by atoms with van der Waals surface area (Å²) in [7, 11) is 3.66. The van der Waals surface area contributed by atoms with E-state index in [1.54, 1.807) is 36.4 Å². The minimum Gasteiger partial charge on any atom is -0.495 e. The molecule has 0 fully saturated rings. The third-order valence-electron chi connectivity index (χ3n) is 5.45. The van der Waals surface area contributed by atoms with Gasteiger partial charge in [-0.1, -0.05) is 36.4 Å². The lowest BCUT2D eigenvalue weighted by Gasteiger charge is -2.36. The number of carbonyl (C=O) groups is 3. The van der Waals surface area contributed by atoms with Crippen molar-refractivity contribution in [2.75, 3.05) is 26.2 Å². The lowest BCUT2D eigenvalue weighted by atomic mass is 9.81. The number of carboxylic acid groups (broad SMARTS) is 1. The number of hydrogen-bond acceptors (Lipinski definition) is 9. The molecule has 1 aliphatic rings. The van der Waals surface area contributed by atoms with Crippen molar-refractivity contribution in [3.63, 3.8) is 0 Å². The molecule has 0 aromatic heterocycles. The molecule has 2 aromatic carbocycles. The molecule has 1 heterocycles. The fourth-order valence-corrected chi connectivity index (χ4v) is 3.96. The van der Waals surface area contributed by atoms with E-state index >= 15 is 0 Å². The van der Waals surface area contributed by atoms with Crippen molar-refractivity contribution in [3.8, 4) is 11.8 Å². The fourth-order valence-electron chi connectivity index (χ4n) is 3.96. The molecule has 0 saturated carbocycles. The largest absolute Gasteiger partial charge is 0.495 e.